The number of rotatable bonds is 3. The van der Waals surface area contributed by atoms with Crippen molar-refractivity contribution in [3.8, 4) is 0 Å². The normalized spacial score (nSPS) is 18.8. The van der Waals surface area contributed by atoms with Crippen molar-refractivity contribution in [3.63, 3.8) is 0 Å². The standard InChI is InChI=1S/C14H17NO5S2/c1-20-14(17)12-9-15(7-8-21-12)13(16)10-3-5-11(6-4-10)22(2,18)19/h3-6,12H,7-9H2,1-2H3/t12-/m0/s1. The van der Waals surface area contributed by atoms with E-state index in [-0.39, 0.29) is 22.0 Å². The van der Waals surface area contributed by atoms with Gasteiger partial charge in [0.1, 0.15) is 5.25 Å². The van der Waals surface area contributed by atoms with Gasteiger partial charge >= 0.3 is 5.97 Å². The molecule has 0 saturated carbocycles. The Balaban J connectivity index is 2.12. The number of sulfone groups is 1. The lowest BCUT2D eigenvalue weighted by Crippen LogP contribution is -2.44. The summed E-state index contributed by atoms with van der Waals surface area (Å²) in [5.41, 5.74) is 0.405. The summed E-state index contributed by atoms with van der Waals surface area (Å²) in [4.78, 5) is 25.8. The topological polar surface area (TPSA) is 80.8 Å². The lowest BCUT2D eigenvalue weighted by atomic mass is 10.2. The van der Waals surface area contributed by atoms with Crippen LogP contribution in [0.4, 0.5) is 0 Å². The van der Waals surface area contributed by atoms with E-state index in [1.807, 2.05) is 0 Å². The maximum Gasteiger partial charge on any atom is 0.320 e. The summed E-state index contributed by atoms with van der Waals surface area (Å²) in [6.07, 6.45) is 1.12. The highest BCUT2D eigenvalue weighted by atomic mass is 32.2. The molecule has 0 N–H and O–H groups in total. The van der Waals surface area contributed by atoms with E-state index in [2.05, 4.69) is 0 Å². The van der Waals surface area contributed by atoms with E-state index in [0.717, 1.165) is 6.26 Å². The molecule has 0 spiro atoms. The number of thioether (sulfide) groups is 1. The fraction of sp³-hybridized carbons (Fsp3) is 0.429. The van der Waals surface area contributed by atoms with Crippen molar-refractivity contribution in [1.29, 1.82) is 0 Å². The fourth-order valence-corrected chi connectivity index (χ4v) is 3.89. The Kier molecular flexibility index (Phi) is 5.12. The lowest BCUT2D eigenvalue weighted by molar-refractivity contribution is -0.140. The van der Waals surface area contributed by atoms with Gasteiger partial charge in [-0.1, -0.05) is 0 Å². The van der Waals surface area contributed by atoms with Gasteiger partial charge in [-0.05, 0) is 24.3 Å². The Bertz CT molecular complexity index is 669. The van der Waals surface area contributed by atoms with Crippen molar-refractivity contribution < 1.29 is 22.7 Å². The molecule has 1 heterocycles. The number of esters is 1. The highest BCUT2D eigenvalue weighted by molar-refractivity contribution is 8.00. The number of nitrogens with zero attached hydrogens (tertiary/aromatic N) is 1. The predicted octanol–water partition coefficient (Wildman–Crippen LogP) is 0.821. The maximum atomic E-state index is 12.4. The molecule has 6 nitrogen and oxygen atoms in total. The van der Waals surface area contributed by atoms with Gasteiger partial charge in [0, 0.05) is 30.7 Å². The summed E-state index contributed by atoms with van der Waals surface area (Å²) in [7, 11) is -1.96. The van der Waals surface area contributed by atoms with Crippen LogP contribution in [0, 0.1) is 0 Å². The van der Waals surface area contributed by atoms with Crippen molar-refractivity contribution in [3.05, 3.63) is 29.8 Å². The van der Waals surface area contributed by atoms with Gasteiger partial charge in [-0.3, -0.25) is 9.59 Å². The molecule has 120 valence electrons. The zero-order valence-electron chi connectivity index (χ0n) is 12.3. The van der Waals surface area contributed by atoms with Crippen LogP contribution in [0.5, 0.6) is 0 Å². The molecule has 0 unspecified atom stereocenters. The number of carbonyl (C=O) groups excluding carboxylic acids is 2. The van der Waals surface area contributed by atoms with Gasteiger partial charge in [0.25, 0.3) is 5.91 Å². The maximum absolute atomic E-state index is 12.4. The largest absolute Gasteiger partial charge is 0.468 e. The summed E-state index contributed by atoms with van der Waals surface area (Å²) in [6, 6.07) is 5.82. The number of methoxy groups -OCH3 is 1. The van der Waals surface area contributed by atoms with Crippen molar-refractivity contribution in [1.82, 2.24) is 4.90 Å². The van der Waals surface area contributed by atoms with Gasteiger partial charge in [0.2, 0.25) is 0 Å². The van der Waals surface area contributed by atoms with Gasteiger partial charge in [-0.25, -0.2) is 8.42 Å². The van der Waals surface area contributed by atoms with E-state index in [1.54, 1.807) is 4.90 Å². The molecule has 1 aliphatic rings. The van der Waals surface area contributed by atoms with E-state index in [4.69, 9.17) is 4.74 Å². The molecule has 8 heteroatoms. The smallest absolute Gasteiger partial charge is 0.320 e. The molecule has 2 rings (SSSR count). The highest BCUT2D eigenvalue weighted by Gasteiger charge is 2.30. The van der Waals surface area contributed by atoms with Crippen LogP contribution in [0.1, 0.15) is 10.4 Å². The predicted molar refractivity (Wildman–Crippen MR) is 83.7 cm³/mol. The number of hydrogen-bond donors (Lipinski definition) is 0. The average molecular weight is 343 g/mol. The molecule has 1 aromatic carbocycles. The molecule has 1 saturated heterocycles. The Morgan fingerprint density at radius 3 is 2.45 bits per heavy atom. The Labute approximate surface area is 133 Å². The first-order valence-corrected chi connectivity index (χ1v) is 9.56. The minimum Gasteiger partial charge on any atom is -0.468 e. The first kappa shape index (κ1) is 16.8. The van der Waals surface area contributed by atoms with Crippen molar-refractivity contribution in [2.45, 2.75) is 10.1 Å². The van der Waals surface area contributed by atoms with Crippen LogP contribution in [0.15, 0.2) is 29.2 Å². The highest BCUT2D eigenvalue weighted by Crippen LogP contribution is 2.21. The lowest BCUT2D eigenvalue weighted by Gasteiger charge is -2.31. The molecule has 1 aromatic rings. The van der Waals surface area contributed by atoms with Crippen LogP contribution in [-0.2, 0) is 19.4 Å². The van der Waals surface area contributed by atoms with Gasteiger partial charge in [-0.15, -0.1) is 11.8 Å². The van der Waals surface area contributed by atoms with Crippen LogP contribution < -0.4 is 0 Å². The zero-order chi connectivity index (χ0) is 16.3. The van der Waals surface area contributed by atoms with Crippen LogP contribution in [0.25, 0.3) is 0 Å². The summed E-state index contributed by atoms with van der Waals surface area (Å²) >= 11 is 1.47. The molecular weight excluding hydrogens is 326 g/mol. The molecule has 0 aromatic heterocycles. The van der Waals surface area contributed by atoms with Crippen LogP contribution in [0.2, 0.25) is 0 Å². The quantitative estimate of drug-likeness (QED) is 0.756. The second-order valence-electron chi connectivity index (χ2n) is 4.93. The first-order valence-electron chi connectivity index (χ1n) is 6.62. The SMILES string of the molecule is COC(=O)[C@@H]1CN(C(=O)c2ccc(S(C)(=O)=O)cc2)CCS1. The number of ether oxygens (including phenoxy) is 1. The van der Waals surface area contributed by atoms with E-state index >= 15 is 0 Å². The summed E-state index contributed by atoms with van der Waals surface area (Å²) in [5, 5.41) is -0.377. The van der Waals surface area contributed by atoms with Crippen LogP contribution >= 0.6 is 11.8 Å². The minimum absolute atomic E-state index is 0.172. The monoisotopic (exact) mass is 343 g/mol. The zero-order valence-corrected chi connectivity index (χ0v) is 13.9. The van der Waals surface area contributed by atoms with E-state index in [9.17, 15) is 18.0 Å². The molecule has 1 amide bonds. The van der Waals surface area contributed by atoms with E-state index < -0.39 is 9.84 Å². The van der Waals surface area contributed by atoms with E-state index in [1.165, 1.54) is 43.1 Å². The van der Waals surface area contributed by atoms with Crippen molar-refractivity contribution in [2.75, 3.05) is 32.2 Å². The summed E-state index contributed by atoms with van der Waals surface area (Å²) in [6.45, 7) is 0.842. The number of amides is 1. The van der Waals surface area contributed by atoms with Crippen LogP contribution in [-0.4, -0.2) is 62.7 Å². The number of carbonyl (C=O) groups is 2. The summed E-state index contributed by atoms with van der Waals surface area (Å²) < 4.78 is 27.5. The molecule has 1 aliphatic heterocycles. The first-order chi connectivity index (χ1) is 10.3. The Morgan fingerprint density at radius 1 is 1.27 bits per heavy atom. The fourth-order valence-electron chi connectivity index (χ4n) is 2.14. The molecule has 0 radical (unpaired) electrons. The van der Waals surface area contributed by atoms with Crippen molar-refractivity contribution in [2.24, 2.45) is 0 Å². The third-order valence-corrected chi connectivity index (χ3v) is 5.64. The van der Waals surface area contributed by atoms with Crippen LogP contribution in [0.3, 0.4) is 0 Å². The average Bonchev–Trinajstić information content (AvgIpc) is 2.53. The third kappa shape index (κ3) is 3.80. The van der Waals surface area contributed by atoms with Crippen molar-refractivity contribution >= 4 is 33.5 Å². The number of hydrogen-bond acceptors (Lipinski definition) is 6. The van der Waals surface area contributed by atoms with Gasteiger partial charge in [0.15, 0.2) is 9.84 Å². The van der Waals surface area contributed by atoms with E-state index in [0.29, 0.717) is 24.4 Å². The molecule has 1 fully saturated rings. The Hall–Kier alpha value is -1.54. The Morgan fingerprint density at radius 2 is 1.91 bits per heavy atom. The van der Waals surface area contributed by atoms with Gasteiger partial charge in [-0.2, -0.15) is 0 Å². The minimum atomic E-state index is -3.28. The molecule has 1 atom stereocenters. The number of benzene rings is 1. The van der Waals surface area contributed by atoms with Gasteiger partial charge in [0.05, 0.1) is 12.0 Å². The molecular formula is C14H17NO5S2. The van der Waals surface area contributed by atoms with Gasteiger partial charge < -0.3 is 9.64 Å². The third-order valence-electron chi connectivity index (χ3n) is 3.35. The molecule has 0 aliphatic carbocycles. The molecule has 22 heavy (non-hydrogen) atoms. The molecule has 0 bridgehead atoms. The summed E-state index contributed by atoms with van der Waals surface area (Å²) in [5.74, 6) is 0.108. The second-order valence-corrected chi connectivity index (χ2v) is 8.26. The second kappa shape index (κ2) is 6.70.